The highest BCUT2D eigenvalue weighted by Gasteiger charge is 2.27. The molecule has 0 bridgehead atoms. The van der Waals surface area contributed by atoms with Crippen LogP contribution in [0.5, 0.6) is 0 Å². The number of nitrogens with zero attached hydrogens (tertiary/aromatic N) is 8. The number of fused-ring (bicyclic) bond motifs is 21. The average Bonchev–Trinajstić information content (AvgIpc) is 1.52. The standard InChI is InChI=1S/C108H60N8O4/c1-3-22-68-54-88-83(51-66(68)20-1)75-26-7-12-33-86(75)115(88)90-56-72(59-98-101(90)80-29-10-15-36-93(80)119-98)105-109-103(111-108(114-105)82-32-18-38-96-100(82)79-28-9-14-35-92(79)117-96)65-45-43-62(44-46-65)61-39-41-63(42-40-61)70-47-49-77-85-53-71(48-50-95(85)118-97(77)58-70)104-110-106(113-107(112-104)78-31-17-24-64-19-5-6-25-74(64)78)73-57-91(102-81-30-11-16-37-94(81)120-99(102)60-73)116-87-34-13-8-27-76(87)84-52-67-21-2-4-23-69(67)55-89(84)116/h1-60H. The predicted molar refractivity (Wildman–Crippen MR) is 487 cm³/mol. The molecule has 0 radical (unpaired) electrons. The second-order valence-electron chi connectivity index (χ2n) is 31.2. The molecule has 26 rings (SSSR count). The number of benzene rings is 18. The van der Waals surface area contributed by atoms with Gasteiger partial charge in [0.05, 0.1) is 44.2 Å². The van der Waals surface area contributed by atoms with Crippen LogP contribution in [-0.2, 0) is 0 Å². The minimum Gasteiger partial charge on any atom is -0.456 e. The van der Waals surface area contributed by atoms with E-state index >= 15 is 0 Å². The summed E-state index contributed by atoms with van der Waals surface area (Å²) in [6.45, 7) is 0. The topological polar surface area (TPSA) is 140 Å². The van der Waals surface area contributed by atoms with E-state index in [2.05, 4.69) is 312 Å². The summed E-state index contributed by atoms with van der Waals surface area (Å²) >= 11 is 0. The Morgan fingerprint density at radius 2 is 0.533 bits per heavy atom. The van der Waals surface area contributed by atoms with Gasteiger partial charge in [-0.05, 0) is 170 Å². The Hall–Kier alpha value is -16.4. The van der Waals surface area contributed by atoms with E-state index in [1.807, 2.05) is 60.7 Å². The minimum absolute atomic E-state index is 0.496. The van der Waals surface area contributed by atoms with Gasteiger partial charge in [0.15, 0.2) is 34.9 Å². The van der Waals surface area contributed by atoms with Crippen LogP contribution in [0.25, 0.3) is 266 Å². The summed E-state index contributed by atoms with van der Waals surface area (Å²) in [5, 5.41) is 19.3. The van der Waals surface area contributed by atoms with E-state index in [9.17, 15) is 0 Å². The number of rotatable bonds is 10. The second-order valence-corrected chi connectivity index (χ2v) is 31.2. The Kier molecular flexibility index (Phi) is 14.0. The molecule has 0 unspecified atom stereocenters. The molecule has 0 aliphatic rings. The summed E-state index contributed by atoms with van der Waals surface area (Å²) in [5.74, 6) is 3.12. The molecule has 0 amide bonds. The molecular weight excluding hydrogens is 1470 g/mol. The number of aromatic nitrogens is 8. The van der Waals surface area contributed by atoms with Crippen molar-refractivity contribution in [2.24, 2.45) is 0 Å². The maximum absolute atomic E-state index is 6.87. The van der Waals surface area contributed by atoms with Gasteiger partial charge in [0.25, 0.3) is 0 Å². The van der Waals surface area contributed by atoms with Gasteiger partial charge in [0.1, 0.15) is 44.7 Å². The Labute approximate surface area is 682 Å². The van der Waals surface area contributed by atoms with Crippen LogP contribution in [0.4, 0.5) is 0 Å². The Morgan fingerprint density at radius 1 is 0.167 bits per heavy atom. The fourth-order valence-electron chi connectivity index (χ4n) is 18.8. The van der Waals surface area contributed by atoms with Gasteiger partial charge < -0.3 is 26.8 Å². The Morgan fingerprint density at radius 3 is 1.10 bits per heavy atom. The van der Waals surface area contributed by atoms with Crippen molar-refractivity contribution in [1.82, 2.24) is 39.0 Å². The van der Waals surface area contributed by atoms with Crippen LogP contribution in [0.2, 0.25) is 0 Å². The number of hydrogen-bond acceptors (Lipinski definition) is 10. The third-order valence-corrected chi connectivity index (χ3v) is 24.4. The Balaban J connectivity index is 0.560. The molecule has 8 heterocycles. The van der Waals surface area contributed by atoms with Crippen LogP contribution >= 0.6 is 0 Å². The lowest BCUT2D eigenvalue weighted by Gasteiger charge is -2.14. The summed E-state index contributed by atoms with van der Waals surface area (Å²) in [6.07, 6.45) is 0. The lowest BCUT2D eigenvalue weighted by Crippen LogP contribution is -2.02. The first-order valence-electron chi connectivity index (χ1n) is 40.3. The molecule has 0 aliphatic heterocycles. The fourth-order valence-corrected chi connectivity index (χ4v) is 18.8. The Bertz CT molecular complexity index is 8880. The lowest BCUT2D eigenvalue weighted by atomic mass is 9.98. The van der Waals surface area contributed by atoms with Gasteiger partial charge >= 0.3 is 0 Å². The molecule has 12 nitrogen and oxygen atoms in total. The van der Waals surface area contributed by atoms with Crippen molar-refractivity contribution in [1.29, 1.82) is 0 Å². The molecule has 0 spiro atoms. The first-order valence-corrected chi connectivity index (χ1v) is 40.3. The fraction of sp³-hybridized carbons (Fsp3) is 0. The molecule has 0 atom stereocenters. The third kappa shape index (κ3) is 10.2. The van der Waals surface area contributed by atoms with Crippen molar-refractivity contribution in [3.05, 3.63) is 364 Å². The average molecular weight is 1530 g/mol. The van der Waals surface area contributed by atoms with Crippen molar-refractivity contribution in [2.75, 3.05) is 0 Å². The molecule has 0 aliphatic carbocycles. The van der Waals surface area contributed by atoms with Crippen molar-refractivity contribution in [3.63, 3.8) is 0 Å². The number of furan rings is 4. The normalized spacial score (nSPS) is 12.2. The zero-order valence-electron chi connectivity index (χ0n) is 63.9. The quantitative estimate of drug-likeness (QED) is 0.130. The molecule has 0 fully saturated rings. The molecule has 0 saturated carbocycles. The zero-order valence-corrected chi connectivity index (χ0v) is 63.9. The van der Waals surface area contributed by atoms with E-state index in [0.29, 0.717) is 34.9 Å². The highest BCUT2D eigenvalue weighted by atomic mass is 16.3. The van der Waals surface area contributed by atoms with Gasteiger partial charge in [-0.3, -0.25) is 0 Å². The van der Waals surface area contributed by atoms with E-state index in [0.717, 1.165) is 215 Å². The van der Waals surface area contributed by atoms with E-state index in [-0.39, 0.29) is 0 Å². The van der Waals surface area contributed by atoms with Gasteiger partial charge in [0, 0.05) is 87.2 Å². The monoisotopic (exact) mass is 1530 g/mol. The molecule has 26 aromatic rings. The SMILES string of the molecule is c1ccc2cc3c(cc2c1)c1ccccc1n3-c1cc(-c2nc(-c3ccc4oc5cc(-c6ccc(-c7ccc(-c8nc(-c9cc(-n%10c%11ccccc%11c%11cc%12ccccc%12cc%11%10)c%10c(c9)oc9ccccc9%10)nc(-c9cccc%10oc%11ccccc%11c9%10)n8)cc7)cc6)ccc5c4c3)nc(-c3cccc4ccccc34)n2)cc2oc3ccccc3c12. The van der Waals surface area contributed by atoms with Gasteiger partial charge in [-0.15, -0.1) is 0 Å². The maximum atomic E-state index is 6.87. The molecule has 8 aromatic heterocycles. The van der Waals surface area contributed by atoms with Crippen LogP contribution in [0.15, 0.2) is 382 Å². The van der Waals surface area contributed by atoms with Crippen LogP contribution in [0, 0.1) is 0 Å². The van der Waals surface area contributed by atoms with Crippen molar-refractivity contribution >= 4 is 164 Å². The van der Waals surface area contributed by atoms with E-state index in [1.54, 1.807) is 0 Å². The molecule has 18 aromatic carbocycles. The largest absolute Gasteiger partial charge is 0.456 e. The maximum Gasteiger partial charge on any atom is 0.164 e. The summed E-state index contributed by atoms with van der Waals surface area (Å²) in [7, 11) is 0. The first-order chi connectivity index (χ1) is 59.4. The summed E-state index contributed by atoms with van der Waals surface area (Å²) in [5.41, 5.74) is 21.4. The third-order valence-electron chi connectivity index (χ3n) is 24.4. The van der Waals surface area contributed by atoms with E-state index in [1.165, 1.54) is 16.2 Å². The predicted octanol–water partition coefficient (Wildman–Crippen LogP) is 28.6. The number of hydrogen-bond donors (Lipinski definition) is 0. The second kappa shape index (κ2) is 25.5. The molecule has 556 valence electrons. The summed E-state index contributed by atoms with van der Waals surface area (Å²) in [6, 6.07) is 128. The summed E-state index contributed by atoms with van der Waals surface area (Å²) < 4.78 is 31.8. The highest BCUT2D eigenvalue weighted by molar-refractivity contribution is 6.20. The minimum atomic E-state index is 0.496. The molecule has 0 saturated heterocycles. The van der Waals surface area contributed by atoms with E-state index in [4.69, 9.17) is 47.6 Å². The number of para-hydroxylation sites is 5. The van der Waals surface area contributed by atoms with Crippen LogP contribution in [-0.4, -0.2) is 39.0 Å². The van der Waals surface area contributed by atoms with Crippen molar-refractivity contribution in [2.45, 2.75) is 0 Å². The van der Waals surface area contributed by atoms with Gasteiger partial charge in [0.2, 0.25) is 0 Å². The van der Waals surface area contributed by atoms with Crippen LogP contribution in [0.1, 0.15) is 0 Å². The smallest absolute Gasteiger partial charge is 0.164 e. The first kappa shape index (κ1) is 65.9. The molecule has 120 heavy (non-hydrogen) atoms. The van der Waals surface area contributed by atoms with Crippen LogP contribution < -0.4 is 0 Å². The van der Waals surface area contributed by atoms with E-state index < -0.39 is 0 Å². The lowest BCUT2D eigenvalue weighted by molar-refractivity contribution is 0.668. The molecule has 12 heteroatoms. The highest BCUT2D eigenvalue weighted by Crippen LogP contribution is 2.47. The van der Waals surface area contributed by atoms with Crippen LogP contribution in [0.3, 0.4) is 0 Å². The zero-order chi connectivity index (χ0) is 78.4. The molecule has 0 N–H and O–H groups in total. The van der Waals surface area contributed by atoms with Gasteiger partial charge in [-0.2, -0.15) is 0 Å². The van der Waals surface area contributed by atoms with Gasteiger partial charge in [-0.25, -0.2) is 29.9 Å². The van der Waals surface area contributed by atoms with Gasteiger partial charge in [-0.1, -0.05) is 249 Å². The van der Waals surface area contributed by atoms with Crippen molar-refractivity contribution < 1.29 is 17.7 Å². The summed E-state index contributed by atoms with van der Waals surface area (Å²) in [4.78, 5) is 32.6. The van der Waals surface area contributed by atoms with Crippen molar-refractivity contribution in [3.8, 4) is 102 Å². The molecular formula is C108H60N8O4.